The third kappa shape index (κ3) is 4.25. The van der Waals surface area contributed by atoms with Crippen LogP contribution in [0.4, 0.5) is 13.2 Å². The number of fused-ring (bicyclic) bond motifs is 3. The van der Waals surface area contributed by atoms with E-state index in [-0.39, 0.29) is 5.58 Å². The maximum absolute atomic E-state index is 12.4. The number of hydrogen-bond acceptors (Lipinski definition) is 5. The number of nitrogens with zero attached hydrogens (tertiary/aromatic N) is 2. The fraction of sp³-hybridized carbons (Fsp3) is 0.250. The van der Waals surface area contributed by atoms with Gasteiger partial charge in [-0.1, -0.05) is 12.1 Å². The van der Waals surface area contributed by atoms with Crippen molar-refractivity contribution in [3.05, 3.63) is 40.9 Å². The summed E-state index contributed by atoms with van der Waals surface area (Å²) in [7, 11) is 0. The van der Waals surface area contributed by atoms with Crippen LogP contribution >= 0.6 is 0 Å². The average Bonchev–Trinajstić information content (AvgIpc) is 2.99. The van der Waals surface area contributed by atoms with Crippen molar-refractivity contribution in [3.8, 4) is 0 Å². The zero-order chi connectivity index (χ0) is 19.6. The van der Waals surface area contributed by atoms with Gasteiger partial charge in [0.1, 0.15) is 24.2 Å². The summed E-state index contributed by atoms with van der Waals surface area (Å²) in [4.78, 5) is 39.7. The van der Waals surface area contributed by atoms with E-state index in [2.05, 4.69) is 10.3 Å². The predicted molar refractivity (Wildman–Crippen MR) is 87.8 cm³/mol. The van der Waals surface area contributed by atoms with Gasteiger partial charge in [-0.3, -0.25) is 19.0 Å². The largest absolute Gasteiger partial charge is 0.448 e. The number of benzene rings is 1. The van der Waals surface area contributed by atoms with E-state index in [1.54, 1.807) is 29.6 Å². The first kappa shape index (κ1) is 18.4. The maximum Gasteiger partial charge on any atom is 0.405 e. The molecule has 8 nitrogen and oxygen atoms in total. The second kappa shape index (κ2) is 7.09. The van der Waals surface area contributed by atoms with E-state index in [0.717, 1.165) is 10.9 Å². The first-order chi connectivity index (χ1) is 12.7. The van der Waals surface area contributed by atoms with Gasteiger partial charge in [-0.25, -0.2) is 4.98 Å². The van der Waals surface area contributed by atoms with E-state index in [0.29, 0.717) is 16.5 Å². The van der Waals surface area contributed by atoms with Crippen LogP contribution in [-0.2, 0) is 16.1 Å². The second-order valence-electron chi connectivity index (χ2n) is 5.62. The number of rotatable bonds is 5. The molecule has 2 heterocycles. The Hall–Kier alpha value is -3.37. The predicted octanol–water partition coefficient (Wildman–Crippen LogP) is 0.937. The van der Waals surface area contributed by atoms with Crippen LogP contribution in [0.15, 0.2) is 39.8 Å². The Morgan fingerprint density at radius 2 is 1.89 bits per heavy atom. The number of para-hydroxylation sites is 1. The molecule has 3 aromatic rings. The van der Waals surface area contributed by atoms with Gasteiger partial charge in [0.2, 0.25) is 17.4 Å². The molecule has 0 aliphatic heterocycles. The minimum absolute atomic E-state index is 0.0191. The van der Waals surface area contributed by atoms with Crippen LogP contribution in [0, 0.1) is 0 Å². The molecular formula is C16H13F3N4O4. The highest BCUT2D eigenvalue weighted by molar-refractivity contribution is 6.01. The topological polar surface area (TPSA) is 106 Å². The lowest BCUT2D eigenvalue weighted by Gasteiger charge is -2.09. The third-order valence-corrected chi connectivity index (χ3v) is 3.60. The summed E-state index contributed by atoms with van der Waals surface area (Å²) < 4.78 is 42.4. The molecule has 0 bridgehead atoms. The highest BCUT2D eigenvalue weighted by atomic mass is 19.4. The van der Waals surface area contributed by atoms with Gasteiger partial charge in [-0.05, 0) is 12.1 Å². The van der Waals surface area contributed by atoms with Crippen molar-refractivity contribution in [1.29, 1.82) is 0 Å². The molecule has 3 rings (SSSR count). The Labute approximate surface area is 149 Å². The van der Waals surface area contributed by atoms with Gasteiger partial charge < -0.3 is 15.1 Å². The van der Waals surface area contributed by atoms with Crippen molar-refractivity contribution in [1.82, 2.24) is 20.2 Å². The Balaban J connectivity index is 1.67. The SMILES string of the molecule is O=C(CNC(=O)Cn1cnc2c(oc3ccccc32)c1=O)NCC(F)(F)F. The molecule has 0 atom stereocenters. The lowest BCUT2D eigenvalue weighted by Crippen LogP contribution is -2.42. The van der Waals surface area contributed by atoms with E-state index in [1.165, 1.54) is 0 Å². The zero-order valence-electron chi connectivity index (χ0n) is 13.7. The smallest absolute Gasteiger partial charge is 0.405 e. The fourth-order valence-corrected chi connectivity index (χ4v) is 2.38. The zero-order valence-corrected chi connectivity index (χ0v) is 13.7. The molecule has 11 heteroatoms. The van der Waals surface area contributed by atoms with Gasteiger partial charge in [0.15, 0.2) is 0 Å². The molecule has 0 aliphatic carbocycles. The number of carbonyl (C=O) groups excluding carboxylic acids is 2. The number of hydrogen-bond donors (Lipinski definition) is 2. The number of alkyl halides is 3. The molecule has 142 valence electrons. The molecule has 2 amide bonds. The first-order valence-corrected chi connectivity index (χ1v) is 7.71. The van der Waals surface area contributed by atoms with Crippen LogP contribution in [0.25, 0.3) is 22.1 Å². The summed E-state index contributed by atoms with van der Waals surface area (Å²) in [5, 5.41) is 4.41. The molecule has 1 aromatic carbocycles. The molecule has 0 aliphatic rings. The normalized spacial score (nSPS) is 11.7. The fourth-order valence-electron chi connectivity index (χ4n) is 2.38. The molecule has 2 aromatic heterocycles. The Morgan fingerprint density at radius 3 is 2.63 bits per heavy atom. The first-order valence-electron chi connectivity index (χ1n) is 7.71. The molecule has 0 saturated carbocycles. The van der Waals surface area contributed by atoms with Crippen molar-refractivity contribution in [2.45, 2.75) is 12.7 Å². The standard InChI is InChI=1S/C16H13F3N4O4/c17-16(18,19)7-21-11(24)5-20-12(25)6-23-8-22-13-9-3-1-2-4-10(9)27-14(13)15(23)26/h1-4,8H,5-7H2,(H,20,25)(H,21,24). The summed E-state index contributed by atoms with van der Waals surface area (Å²) in [5.41, 5.74) is 0.224. The quantitative estimate of drug-likeness (QED) is 0.683. The molecular weight excluding hydrogens is 369 g/mol. The van der Waals surface area contributed by atoms with Crippen LogP contribution in [0.5, 0.6) is 0 Å². The molecule has 0 saturated heterocycles. The van der Waals surface area contributed by atoms with E-state index in [4.69, 9.17) is 4.42 Å². The Morgan fingerprint density at radius 1 is 1.15 bits per heavy atom. The van der Waals surface area contributed by atoms with E-state index in [1.807, 2.05) is 0 Å². The van der Waals surface area contributed by atoms with Gasteiger partial charge in [0.05, 0.1) is 12.9 Å². The molecule has 0 fully saturated rings. The highest BCUT2D eigenvalue weighted by Crippen LogP contribution is 2.23. The maximum atomic E-state index is 12.4. The Bertz CT molecular complexity index is 1070. The molecule has 27 heavy (non-hydrogen) atoms. The van der Waals surface area contributed by atoms with Crippen molar-refractivity contribution in [3.63, 3.8) is 0 Å². The summed E-state index contributed by atoms with van der Waals surface area (Å²) in [6.45, 7) is -2.61. The number of halogens is 3. The van der Waals surface area contributed by atoms with Gasteiger partial charge in [0, 0.05) is 5.39 Å². The van der Waals surface area contributed by atoms with Crippen LogP contribution in [-0.4, -0.2) is 40.6 Å². The average molecular weight is 382 g/mol. The summed E-state index contributed by atoms with van der Waals surface area (Å²) in [6, 6.07) is 6.92. The van der Waals surface area contributed by atoms with Crippen molar-refractivity contribution in [2.24, 2.45) is 0 Å². The highest BCUT2D eigenvalue weighted by Gasteiger charge is 2.27. The summed E-state index contributed by atoms with van der Waals surface area (Å²) in [5.74, 6) is -1.74. The van der Waals surface area contributed by atoms with Crippen molar-refractivity contribution < 1.29 is 27.2 Å². The monoisotopic (exact) mass is 382 g/mol. The number of amides is 2. The summed E-state index contributed by atoms with van der Waals surface area (Å²) >= 11 is 0. The van der Waals surface area contributed by atoms with E-state index in [9.17, 15) is 27.6 Å². The van der Waals surface area contributed by atoms with Gasteiger partial charge in [-0.2, -0.15) is 13.2 Å². The summed E-state index contributed by atoms with van der Waals surface area (Å²) in [6.07, 6.45) is -3.38. The lowest BCUT2D eigenvalue weighted by atomic mass is 10.2. The number of aromatic nitrogens is 2. The number of nitrogens with one attached hydrogen (secondary N) is 2. The third-order valence-electron chi connectivity index (χ3n) is 3.60. The van der Waals surface area contributed by atoms with Crippen LogP contribution in [0.3, 0.4) is 0 Å². The molecule has 0 spiro atoms. The van der Waals surface area contributed by atoms with Crippen LogP contribution in [0.1, 0.15) is 0 Å². The van der Waals surface area contributed by atoms with E-state index < -0.39 is 43.2 Å². The van der Waals surface area contributed by atoms with Crippen molar-refractivity contribution >= 4 is 33.9 Å². The van der Waals surface area contributed by atoms with Gasteiger partial charge in [-0.15, -0.1) is 0 Å². The van der Waals surface area contributed by atoms with Gasteiger partial charge >= 0.3 is 6.18 Å². The van der Waals surface area contributed by atoms with Crippen LogP contribution < -0.4 is 16.2 Å². The van der Waals surface area contributed by atoms with Crippen LogP contribution in [0.2, 0.25) is 0 Å². The number of furan rings is 1. The van der Waals surface area contributed by atoms with Crippen molar-refractivity contribution in [2.75, 3.05) is 13.1 Å². The van der Waals surface area contributed by atoms with E-state index >= 15 is 0 Å². The molecule has 2 N–H and O–H groups in total. The van der Waals surface area contributed by atoms with Gasteiger partial charge in [0.25, 0.3) is 5.56 Å². The minimum Gasteiger partial charge on any atom is -0.448 e. The lowest BCUT2D eigenvalue weighted by molar-refractivity contribution is -0.138. The molecule has 0 unspecified atom stereocenters. The minimum atomic E-state index is -4.54. The number of carbonyl (C=O) groups is 2. The molecule has 0 radical (unpaired) electrons. The Kier molecular flexibility index (Phi) is 4.84. The second-order valence-corrected chi connectivity index (χ2v) is 5.62.